The molecule has 7 nitrogen and oxygen atoms in total. The van der Waals surface area contributed by atoms with E-state index in [2.05, 4.69) is 25.4 Å². The number of benzene rings is 1. The van der Waals surface area contributed by atoms with Crippen molar-refractivity contribution in [2.45, 2.75) is 50.2 Å². The summed E-state index contributed by atoms with van der Waals surface area (Å²) in [4.78, 5) is 23.7. The molecule has 0 spiro atoms. The highest BCUT2D eigenvalue weighted by Gasteiger charge is 2.26. The molecular weight excluding hydrogens is 398 g/mol. The van der Waals surface area contributed by atoms with Crippen molar-refractivity contribution in [1.29, 1.82) is 0 Å². The van der Waals surface area contributed by atoms with E-state index in [1.54, 1.807) is 0 Å². The molecule has 1 aromatic heterocycles. The molecule has 0 bridgehead atoms. The van der Waals surface area contributed by atoms with Crippen molar-refractivity contribution in [3.8, 4) is 11.4 Å². The zero-order chi connectivity index (χ0) is 19.9. The molecule has 0 unspecified atom stereocenters. The predicted octanol–water partition coefficient (Wildman–Crippen LogP) is 4.04. The third-order valence-electron chi connectivity index (χ3n) is 4.59. The Hall–Kier alpha value is -2.06. The molecule has 1 aromatic carbocycles. The third-order valence-corrected chi connectivity index (χ3v) is 5.86. The quantitative estimate of drug-likeness (QED) is 0.658. The van der Waals surface area contributed by atoms with Crippen LogP contribution in [-0.2, 0) is 4.79 Å². The van der Waals surface area contributed by atoms with Crippen LogP contribution >= 0.6 is 23.4 Å². The lowest BCUT2D eigenvalue weighted by molar-refractivity contribution is -0.117. The Bertz CT molecular complexity index is 835. The molecule has 150 valence electrons. The van der Waals surface area contributed by atoms with Crippen LogP contribution in [-0.4, -0.2) is 39.0 Å². The summed E-state index contributed by atoms with van der Waals surface area (Å²) in [5.74, 6) is 0.451. The second-order valence-corrected chi connectivity index (χ2v) is 8.04. The maximum Gasteiger partial charge on any atom is 0.321 e. The van der Waals surface area contributed by atoms with Gasteiger partial charge in [-0.1, -0.05) is 55.3 Å². The minimum absolute atomic E-state index is 0.0902. The summed E-state index contributed by atoms with van der Waals surface area (Å²) >= 11 is 7.66. The van der Waals surface area contributed by atoms with Gasteiger partial charge in [-0.3, -0.25) is 14.7 Å². The minimum Gasteiger partial charge on any atom is -0.338 e. The Kier molecular flexibility index (Phi) is 7.33. The third kappa shape index (κ3) is 5.05. The van der Waals surface area contributed by atoms with Gasteiger partial charge < -0.3 is 5.32 Å². The maximum absolute atomic E-state index is 12.1. The van der Waals surface area contributed by atoms with Gasteiger partial charge in [-0.15, -0.1) is 10.2 Å². The molecule has 0 radical (unpaired) electrons. The number of carbonyl (C=O) groups excluding carboxylic acids is 2. The van der Waals surface area contributed by atoms with Gasteiger partial charge in [0.05, 0.1) is 10.8 Å². The number of rotatable bonds is 7. The number of nitrogens with one attached hydrogen (secondary N) is 2. The first-order valence-corrected chi connectivity index (χ1v) is 10.9. The van der Waals surface area contributed by atoms with Gasteiger partial charge in [-0.2, -0.15) is 0 Å². The molecule has 3 amide bonds. The molecule has 0 atom stereocenters. The van der Waals surface area contributed by atoms with Crippen molar-refractivity contribution >= 4 is 35.3 Å². The number of imide groups is 1. The highest BCUT2D eigenvalue weighted by Crippen LogP contribution is 2.38. The van der Waals surface area contributed by atoms with Crippen LogP contribution in [0.15, 0.2) is 29.4 Å². The monoisotopic (exact) mass is 421 g/mol. The molecule has 0 saturated heterocycles. The Morgan fingerprint density at radius 2 is 2.00 bits per heavy atom. The first-order valence-electron chi connectivity index (χ1n) is 9.50. The number of carbonyl (C=O) groups is 2. The van der Waals surface area contributed by atoms with E-state index in [9.17, 15) is 9.59 Å². The van der Waals surface area contributed by atoms with Gasteiger partial charge in [-0.05, 0) is 31.4 Å². The Labute approximate surface area is 173 Å². The molecule has 0 aliphatic heterocycles. The van der Waals surface area contributed by atoms with E-state index < -0.39 is 6.03 Å². The number of halogens is 1. The van der Waals surface area contributed by atoms with Gasteiger partial charge in [0.2, 0.25) is 5.91 Å². The van der Waals surface area contributed by atoms with E-state index in [1.807, 2.05) is 31.2 Å². The normalized spacial score (nSPS) is 14.2. The van der Waals surface area contributed by atoms with Crippen LogP contribution in [0.25, 0.3) is 11.4 Å². The fraction of sp³-hybridized carbons (Fsp3) is 0.474. The molecule has 9 heteroatoms. The van der Waals surface area contributed by atoms with E-state index in [4.69, 9.17) is 11.6 Å². The summed E-state index contributed by atoms with van der Waals surface area (Å²) < 4.78 is 2.10. The SMILES string of the molecule is CCCNC(=O)NC(=O)CSc1nnc(-c2ccccc2Cl)n1C1CCCC1. The van der Waals surface area contributed by atoms with Gasteiger partial charge >= 0.3 is 6.03 Å². The summed E-state index contributed by atoms with van der Waals surface area (Å²) in [6.45, 7) is 2.48. The number of hydrogen-bond acceptors (Lipinski definition) is 5. The second kappa shape index (κ2) is 9.93. The lowest BCUT2D eigenvalue weighted by Crippen LogP contribution is -2.40. The Morgan fingerprint density at radius 3 is 2.71 bits per heavy atom. The summed E-state index contributed by atoms with van der Waals surface area (Å²) in [5, 5.41) is 14.9. The van der Waals surface area contributed by atoms with Crippen LogP contribution in [0.1, 0.15) is 45.1 Å². The second-order valence-electron chi connectivity index (χ2n) is 6.69. The van der Waals surface area contributed by atoms with Crippen molar-refractivity contribution in [3.05, 3.63) is 29.3 Å². The zero-order valence-electron chi connectivity index (χ0n) is 15.8. The van der Waals surface area contributed by atoms with E-state index in [-0.39, 0.29) is 11.7 Å². The fourth-order valence-corrected chi connectivity index (χ4v) is 4.29. The summed E-state index contributed by atoms with van der Waals surface area (Å²) in [6, 6.07) is 7.38. The molecule has 2 aromatic rings. The van der Waals surface area contributed by atoms with Crippen LogP contribution in [0.5, 0.6) is 0 Å². The zero-order valence-corrected chi connectivity index (χ0v) is 17.4. The van der Waals surface area contributed by atoms with Gasteiger partial charge in [0.15, 0.2) is 11.0 Å². The van der Waals surface area contributed by atoms with E-state index >= 15 is 0 Å². The lowest BCUT2D eigenvalue weighted by atomic mass is 10.2. The fourth-order valence-electron chi connectivity index (χ4n) is 3.27. The minimum atomic E-state index is -0.471. The molecule has 1 saturated carbocycles. The summed E-state index contributed by atoms with van der Waals surface area (Å²) in [6.07, 6.45) is 5.23. The largest absolute Gasteiger partial charge is 0.338 e. The number of thioether (sulfide) groups is 1. The predicted molar refractivity (Wildman–Crippen MR) is 111 cm³/mol. The molecule has 1 heterocycles. The standard InChI is InChI=1S/C19H24ClN5O2S/c1-2-11-21-18(27)22-16(26)12-28-19-24-23-17(14-9-5-6-10-15(14)20)25(19)13-7-3-4-8-13/h5-6,9-10,13H,2-4,7-8,11-12H2,1H3,(H2,21,22,26,27). The van der Waals surface area contributed by atoms with Crippen LogP contribution in [0.4, 0.5) is 4.79 Å². The summed E-state index contributed by atoms with van der Waals surface area (Å²) in [7, 11) is 0. The van der Waals surface area contributed by atoms with Crippen LogP contribution in [0.2, 0.25) is 5.02 Å². The number of amides is 3. The average Bonchev–Trinajstić information content (AvgIpc) is 3.34. The molecule has 28 heavy (non-hydrogen) atoms. The van der Waals surface area contributed by atoms with Crippen molar-refractivity contribution in [2.75, 3.05) is 12.3 Å². The van der Waals surface area contributed by atoms with Gasteiger partial charge in [0.25, 0.3) is 0 Å². The maximum atomic E-state index is 12.1. The Morgan fingerprint density at radius 1 is 1.25 bits per heavy atom. The molecule has 1 aliphatic rings. The molecule has 3 rings (SSSR count). The molecular formula is C19H24ClN5O2S. The number of aromatic nitrogens is 3. The number of hydrogen-bond donors (Lipinski definition) is 2. The highest BCUT2D eigenvalue weighted by atomic mass is 35.5. The molecule has 2 N–H and O–H groups in total. The summed E-state index contributed by atoms with van der Waals surface area (Å²) in [5.41, 5.74) is 0.832. The van der Waals surface area contributed by atoms with Crippen molar-refractivity contribution < 1.29 is 9.59 Å². The first kappa shape index (κ1) is 20.7. The molecule has 1 aliphatic carbocycles. The number of nitrogens with zero attached hydrogens (tertiary/aromatic N) is 3. The average molecular weight is 422 g/mol. The van der Waals surface area contributed by atoms with Gasteiger partial charge in [-0.25, -0.2) is 4.79 Å². The van der Waals surface area contributed by atoms with Crippen LogP contribution < -0.4 is 10.6 Å². The van der Waals surface area contributed by atoms with E-state index in [1.165, 1.54) is 11.8 Å². The first-order chi connectivity index (χ1) is 13.6. The van der Waals surface area contributed by atoms with Crippen molar-refractivity contribution in [2.24, 2.45) is 0 Å². The van der Waals surface area contributed by atoms with Crippen LogP contribution in [0, 0.1) is 0 Å². The van der Waals surface area contributed by atoms with E-state index in [0.717, 1.165) is 43.5 Å². The van der Waals surface area contributed by atoms with Crippen LogP contribution in [0.3, 0.4) is 0 Å². The van der Waals surface area contributed by atoms with Crippen molar-refractivity contribution in [1.82, 2.24) is 25.4 Å². The van der Waals surface area contributed by atoms with Gasteiger partial charge in [0.1, 0.15) is 0 Å². The topological polar surface area (TPSA) is 88.9 Å². The number of urea groups is 1. The van der Waals surface area contributed by atoms with Gasteiger partial charge in [0, 0.05) is 18.2 Å². The smallest absolute Gasteiger partial charge is 0.321 e. The van der Waals surface area contributed by atoms with Crippen molar-refractivity contribution in [3.63, 3.8) is 0 Å². The molecule has 1 fully saturated rings. The van der Waals surface area contributed by atoms with E-state index in [0.29, 0.717) is 22.8 Å². The Balaban J connectivity index is 1.75. The lowest BCUT2D eigenvalue weighted by Gasteiger charge is -2.17. The highest BCUT2D eigenvalue weighted by molar-refractivity contribution is 7.99.